The number of esters is 1. The number of allylic oxidation sites excluding steroid dienone is 2. The number of carboxylic acids is 1. The molecule has 2 unspecified atom stereocenters. The molecule has 0 saturated heterocycles. The molecule has 22 heavy (non-hydrogen) atoms. The number of nitrogens with zero attached hydrogens (tertiary/aromatic N) is 1. The van der Waals surface area contributed by atoms with Crippen molar-refractivity contribution in [2.24, 2.45) is 16.6 Å². The number of fused-ring (bicyclic) bond motifs is 1. The number of hydrogen-bond acceptors (Lipinski definition) is 4. The molecule has 1 aliphatic heterocycles. The number of guanidine groups is 1. The van der Waals surface area contributed by atoms with E-state index in [0.29, 0.717) is 25.1 Å². The molecule has 0 aromatic heterocycles. The maximum Gasteiger partial charge on any atom is 0.333 e. The third-order valence-corrected chi connectivity index (χ3v) is 3.32. The summed E-state index contributed by atoms with van der Waals surface area (Å²) in [6.45, 7) is 0.438. The van der Waals surface area contributed by atoms with Gasteiger partial charge in [0.05, 0.1) is 5.92 Å². The summed E-state index contributed by atoms with van der Waals surface area (Å²) in [4.78, 5) is 26.1. The molecule has 118 valence electrons. The minimum absolute atomic E-state index is 0.0940. The quantitative estimate of drug-likeness (QED) is 0.288. The second-order valence-electron chi connectivity index (χ2n) is 5.04. The monoisotopic (exact) mass is 305 g/mol. The first-order valence-corrected chi connectivity index (χ1v) is 7.12. The smallest absolute Gasteiger partial charge is 0.333 e. The number of rotatable bonds is 6. The average Bonchev–Trinajstić information content (AvgIpc) is 2.46. The molecule has 7 nitrogen and oxygen atoms in total. The summed E-state index contributed by atoms with van der Waals surface area (Å²) in [5.74, 6) is -1.12. The maximum atomic E-state index is 11.5. The van der Waals surface area contributed by atoms with E-state index >= 15 is 0 Å². The highest BCUT2D eigenvalue weighted by molar-refractivity contribution is 5.87. The van der Waals surface area contributed by atoms with Gasteiger partial charge in [0, 0.05) is 24.7 Å². The number of nitrogens with one attached hydrogen (secondary N) is 1. The van der Waals surface area contributed by atoms with Crippen LogP contribution < -0.4 is 11.1 Å². The molecule has 7 heteroatoms. The van der Waals surface area contributed by atoms with Gasteiger partial charge in [0.25, 0.3) is 0 Å². The zero-order valence-corrected chi connectivity index (χ0v) is 12.1. The van der Waals surface area contributed by atoms with Gasteiger partial charge in [-0.15, -0.1) is 0 Å². The molecule has 0 radical (unpaired) electrons. The van der Waals surface area contributed by atoms with E-state index in [1.165, 1.54) is 6.08 Å². The zero-order chi connectivity index (χ0) is 15.9. The number of ether oxygens (including phenoxy) is 1. The summed E-state index contributed by atoms with van der Waals surface area (Å²) in [7, 11) is 0. The Bertz CT molecular complexity index is 563. The van der Waals surface area contributed by atoms with Crippen molar-refractivity contribution in [2.45, 2.75) is 25.4 Å². The Morgan fingerprint density at radius 3 is 2.91 bits per heavy atom. The van der Waals surface area contributed by atoms with E-state index < -0.39 is 11.9 Å². The van der Waals surface area contributed by atoms with Crippen molar-refractivity contribution in [3.05, 3.63) is 36.1 Å². The minimum Gasteiger partial charge on any atom is -0.481 e. The van der Waals surface area contributed by atoms with Gasteiger partial charge >= 0.3 is 11.9 Å². The second-order valence-corrected chi connectivity index (χ2v) is 5.04. The van der Waals surface area contributed by atoms with Crippen molar-refractivity contribution in [1.29, 1.82) is 0 Å². The van der Waals surface area contributed by atoms with Crippen LogP contribution in [0.3, 0.4) is 0 Å². The van der Waals surface area contributed by atoms with Crippen LogP contribution >= 0.6 is 0 Å². The van der Waals surface area contributed by atoms with Gasteiger partial charge in [0.1, 0.15) is 6.10 Å². The molecule has 4 N–H and O–H groups in total. The summed E-state index contributed by atoms with van der Waals surface area (Å²) < 4.78 is 5.21. The second kappa shape index (κ2) is 7.44. The van der Waals surface area contributed by atoms with Gasteiger partial charge in [0.2, 0.25) is 0 Å². The Morgan fingerprint density at radius 2 is 2.14 bits per heavy atom. The Kier molecular flexibility index (Phi) is 5.35. The molecule has 0 bridgehead atoms. The van der Waals surface area contributed by atoms with Crippen LogP contribution in [-0.4, -0.2) is 35.7 Å². The molecule has 2 aliphatic rings. The first-order valence-electron chi connectivity index (χ1n) is 7.12. The van der Waals surface area contributed by atoms with Crippen LogP contribution in [0.4, 0.5) is 0 Å². The van der Waals surface area contributed by atoms with Gasteiger partial charge < -0.3 is 20.9 Å². The topological polar surface area (TPSA) is 114 Å². The van der Waals surface area contributed by atoms with Crippen LogP contribution in [0.25, 0.3) is 0 Å². The number of unbranched alkanes of at least 4 members (excludes halogenated alkanes) is 1. The molecule has 2 rings (SSSR count). The highest BCUT2D eigenvalue weighted by Gasteiger charge is 2.30. The molecule has 0 amide bonds. The lowest BCUT2D eigenvalue weighted by Crippen LogP contribution is -2.41. The van der Waals surface area contributed by atoms with E-state index in [2.05, 4.69) is 10.3 Å². The summed E-state index contributed by atoms with van der Waals surface area (Å²) in [5.41, 5.74) is 6.45. The lowest BCUT2D eigenvalue weighted by Gasteiger charge is -2.30. The fraction of sp³-hybridized carbons (Fsp3) is 0.400. The van der Waals surface area contributed by atoms with Crippen LogP contribution in [0.2, 0.25) is 0 Å². The Hall–Kier alpha value is -2.57. The van der Waals surface area contributed by atoms with Crippen LogP contribution in [0.5, 0.6) is 0 Å². The van der Waals surface area contributed by atoms with Crippen LogP contribution in [0, 0.1) is 5.92 Å². The Balaban J connectivity index is 1.88. The van der Waals surface area contributed by atoms with Gasteiger partial charge in [-0.3, -0.25) is 9.79 Å². The number of hydrogen-bond donors (Lipinski definition) is 3. The molecule has 0 aromatic rings. The summed E-state index contributed by atoms with van der Waals surface area (Å²) >= 11 is 0. The van der Waals surface area contributed by atoms with Crippen molar-refractivity contribution >= 4 is 17.9 Å². The first-order chi connectivity index (χ1) is 10.6. The highest BCUT2D eigenvalue weighted by atomic mass is 16.5. The molecule has 0 spiro atoms. The summed E-state index contributed by atoms with van der Waals surface area (Å²) in [5, 5.41) is 11.5. The molecular formula is C15H19N3O4. The fourth-order valence-electron chi connectivity index (χ4n) is 2.27. The largest absolute Gasteiger partial charge is 0.481 e. The van der Waals surface area contributed by atoms with Gasteiger partial charge in [0.15, 0.2) is 5.96 Å². The molecule has 1 aliphatic carbocycles. The molecule has 2 atom stereocenters. The van der Waals surface area contributed by atoms with E-state index in [-0.39, 0.29) is 24.4 Å². The van der Waals surface area contributed by atoms with E-state index in [1.54, 1.807) is 0 Å². The number of nitrogens with two attached hydrogens (primary N) is 1. The average molecular weight is 305 g/mol. The van der Waals surface area contributed by atoms with Crippen molar-refractivity contribution < 1.29 is 19.4 Å². The number of carbonyl (C=O) groups is 2. The maximum absolute atomic E-state index is 11.5. The summed E-state index contributed by atoms with van der Waals surface area (Å²) in [6.07, 6.45) is 9.83. The third kappa shape index (κ3) is 4.47. The molecule has 0 saturated carbocycles. The molecule has 0 fully saturated rings. The van der Waals surface area contributed by atoms with E-state index in [9.17, 15) is 9.59 Å². The van der Waals surface area contributed by atoms with Crippen molar-refractivity contribution in [3.63, 3.8) is 0 Å². The number of aliphatic imine (C=N–C) groups is 1. The van der Waals surface area contributed by atoms with Crippen LogP contribution in [0.15, 0.2) is 41.1 Å². The first kappa shape index (κ1) is 15.8. The predicted octanol–water partition coefficient (Wildman–Crippen LogP) is 0.697. The number of carboxylic acid groups (broad SMARTS) is 1. The van der Waals surface area contributed by atoms with Gasteiger partial charge in [-0.2, -0.15) is 0 Å². The van der Waals surface area contributed by atoms with Crippen molar-refractivity contribution in [1.82, 2.24) is 5.32 Å². The number of aliphatic carboxylic acids is 1. The summed E-state index contributed by atoms with van der Waals surface area (Å²) in [6, 6.07) is 0. The molecule has 1 heterocycles. The van der Waals surface area contributed by atoms with E-state index in [4.69, 9.17) is 15.6 Å². The normalized spacial score (nSPS) is 23.5. The standard InChI is InChI=1S/C15H19N3O4/c16-15(17-8-4-3-7-13(19)20)18-11-9-14(21)22-12-6-2-1-5-10(11)12/h1-2,5-6,9-10,12H,3-4,7-8H2,(H,19,20)(H3,16,17,18). The van der Waals surface area contributed by atoms with Gasteiger partial charge in [-0.05, 0) is 18.9 Å². The van der Waals surface area contributed by atoms with Gasteiger partial charge in [-0.1, -0.05) is 18.2 Å². The molecular weight excluding hydrogens is 286 g/mol. The van der Waals surface area contributed by atoms with Crippen molar-refractivity contribution in [2.75, 3.05) is 6.54 Å². The third-order valence-electron chi connectivity index (χ3n) is 3.32. The van der Waals surface area contributed by atoms with Crippen molar-refractivity contribution in [3.8, 4) is 0 Å². The van der Waals surface area contributed by atoms with E-state index in [1.807, 2.05) is 24.3 Å². The minimum atomic E-state index is -0.816. The SMILES string of the molecule is NC(=NCCCCC(=O)O)NC1=CC(=O)OC2C=CC=CC12. The lowest BCUT2D eigenvalue weighted by molar-refractivity contribution is -0.143. The lowest BCUT2D eigenvalue weighted by atomic mass is 9.92. The predicted molar refractivity (Wildman–Crippen MR) is 80.8 cm³/mol. The van der Waals surface area contributed by atoms with E-state index in [0.717, 1.165) is 0 Å². The van der Waals surface area contributed by atoms with Crippen LogP contribution in [0.1, 0.15) is 19.3 Å². The Labute approximate surface area is 128 Å². The van der Waals surface area contributed by atoms with Crippen LogP contribution in [-0.2, 0) is 14.3 Å². The fourth-order valence-corrected chi connectivity index (χ4v) is 2.27. The highest BCUT2D eigenvalue weighted by Crippen LogP contribution is 2.26. The Morgan fingerprint density at radius 1 is 1.36 bits per heavy atom. The number of carbonyl (C=O) groups excluding carboxylic acids is 1. The van der Waals surface area contributed by atoms with Gasteiger partial charge in [-0.25, -0.2) is 4.79 Å². The zero-order valence-electron chi connectivity index (χ0n) is 12.1. The molecule has 0 aromatic carbocycles.